The highest BCUT2D eigenvalue weighted by molar-refractivity contribution is 5.82. The molecule has 1 heterocycles. The Labute approximate surface area is 146 Å². The van der Waals surface area contributed by atoms with Crippen molar-refractivity contribution in [2.75, 3.05) is 6.61 Å². The molecule has 0 fully saturated rings. The van der Waals surface area contributed by atoms with Crippen molar-refractivity contribution in [2.45, 2.75) is 26.9 Å². The lowest BCUT2D eigenvalue weighted by Crippen LogP contribution is -2.29. The lowest BCUT2D eigenvalue weighted by molar-refractivity contribution is -0.123. The zero-order valence-corrected chi connectivity index (χ0v) is 14.4. The summed E-state index contributed by atoms with van der Waals surface area (Å²) in [6, 6.07) is 14.4. The van der Waals surface area contributed by atoms with E-state index in [1.165, 1.54) is 17.7 Å². The SMILES string of the molecule is CCn1c(CNC(=O)COc2ccccc2F)cc2cc(C)ccc21. The number of nitrogens with zero attached hydrogens (tertiary/aromatic N) is 1. The van der Waals surface area contributed by atoms with E-state index in [9.17, 15) is 9.18 Å². The number of nitrogens with one attached hydrogen (secondary N) is 1. The molecule has 0 saturated heterocycles. The Morgan fingerprint density at radius 1 is 1.20 bits per heavy atom. The Hall–Kier alpha value is -2.82. The second kappa shape index (κ2) is 7.38. The first kappa shape index (κ1) is 17.0. The molecule has 0 saturated carbocycles. The average molecular weight is 340 g/mol. The summed E-state index contributed by atoms with van der Waals surface area (Å²) in [4.78, 5) is 12.0. The van der Waals surface area contributed by atoms with Gasteiger partial charge in [0.1, 0.15) is 0 Å². The highest BCUT2D eigenvalue weighted by Crippen LogP contribution is 2.21. The van der Waals surface area contributed by atoms with E-state index in [0.717, 1.165) is 23.1 Å². The van der Waals surface area contributed by atoms with Crippen LogP contribution in [0.2, 0.25) is 0 Å². The number of aryl methyl sites for hydroxylation is 2. The summed E-state index contributed by atoms with van der Waals surface area (Å²) in [6.45, 7) is 5.15. The Kier molecular flexibility index (Phi) is 5.03. The molecular formula is C20H21FN2O2. The molecule has 3 rings (SSSR count). The number of fused-ring (bicyclic) bond motifs is 1. The number of amides is 1. The molecule has 1 N–H and O–H groups in total. The zero-order chi connectivity index (χ0) is 17.8. The van der Waals surface area contributed by atoms with E-state index >= 15 is 0 Å². The molecule has 4 nitrogen and oxygen atoms in total. The second-order valence-electron chi connectivity index (χ2n) is 5.94. The predicted molar refractivity (Wildman–Crippen MR) is 96.1 cm³/mol. The van der Waals surface area contributed by atoms with Crippen LogP contribution < -0.4 is 10.1 Å². The van der Waals surface area contributed by atoms with Gasteiger partial charge in [-0.2, -0.15) is 0 Å². The highest BCUT2D eigenvalue weighted by Gasteiger charge is 2.10. The van der Waals surface area contributed by atoms with Crippen molar-refractivity contribution in [1.29, 1.82) is 0 Å². The van der Waals surface area contributed by atoms with Gasteiger partial charge < -0.3 is 14.6 Å². The minimum Gasteiger partial charge on any atom is -0.481 e. The van der Waals surface area contributed by atoms with Gasteiger partial charge in [-0.15, -0.1) is 0 Å². The average Bonchev–Trinajstić information content (AvgIpc) is 2.95. The van der Waals surface area contributed by atoms with E-state index in [2.05, 4.69) is 48.0 Å². The van der Waals surface area contributed by atoms with Gasteiger partial charge in [-0.3, -0.25) is 4.79 Å². The van der Waals surface area contributed by atoms with Crippen molar-refractivity contribution in [2.24, 2.45) is 0 Å². The molecule has 2 aromatic carbocycles. The van der Waals surface area contributed by atoms with E-state index in [1.807, 2.05) is 0 Å². The fourth-order valence-corrected chi connectivity index (χ4v) is 2.91. The minimum atomic E-state index is -0.475. The van der Waals surface area contributed by atoms with Crippen LogP contribution in [0, 0.1) is 12.7 Å². The molecule has 130 valence electrons. The van der Waals surface area contributed by atoms with Gasteiger partial charge in [0.15, 0.2) is 18.2 Å². The maximum absolute atomic E-state index is 13.5. The monoisotopic (exact) mass is 340 g/mol. The van der Waals surface area contributed by atoms with Gasteiger partial charge >= 0.3 is 0 Å². The summed E-state index contributed by atoms with van der Waals surface area (Å²) < 4.78 is 20.9. The van der Waals surface area contributed by atoms with Crippen LogP contribution in [-0.2, 0) is 17.9 Å². The third-order valence-corrected chi connectivity index (χ3v) is 4.12. The normalized spacial score (nSPS) is 10.8. The van der Waals surface area contributed by atoms with Gasteiger partial charge in [0.2, 0.25) is 0 Å². The summed E-state index contributed by atoms with van der Waals surface area (Å²) in [5, 5.41) is 3.99. The van der Waals surface area contributed by atoms with Crippen LogP contribution in [0.25, 0.3) is 10.9 Å². The van der Waals surface area contributed by atoms with Crippen molar-refractivity contribution >= 4 is 16.8 Å². The Morgan fingerprint density at radius 3 is 2.76 bits per heavy atom. The van der Waals surface area contributed by atoms with E-state index in [-0.39, 0.29) is 18.3 Å². The van der Waals surface area contributed by atoms with E-state index in [0.29, 0.717) is 6.54 Å². The lowest BCUT2D eigenvalue weighted by Gasteiger charge is -2.10. The van der Waals surface area contributed by atoms with Gasteiger partial charge in [0.25, 0.3) is 5.91 Å². The molecule has 0 aliphatic heterocycles. The van der Waals surface area contributed by atoms with Crippen molar-refractivity contribution in [3.05, 3.63) is 65.6 Å². The first-order valence-electron chi connectivity index (χ1n) is 8.31. The molecule has 0 spiro atoms. The standard InChI is InChI=1S/C20H21FN2O2/c1-3-23-16(11-15-10-14(2)8-9-18(15)23)12-22-20(24)13-25-19-7-5-4-6-17(19)21/h4-11H,3,12-13H2,1-2H3,(H,22,24). The first-order chi connectivity index (χ1) is 12.1. The Balaban J connectivity index is 1.64. The number of hydrogen-bond donors (Lipinski definition) is 1. The van der Waals surface area contributed by atoms with Gasteiger partial charge in [-0.1, -0.05) is 23.8 Å². The van der Waals surface area contributed by atoms with Crippen LogP contribution >= 0.6 is 0 Å². The van der Waals surface area contributed by atoms with Gasteiger partial charge in [0, 0.05) is 23.1 Å². The minimum absolute atomic E-state index is 0.0794. The third kappa shape index (κ3) is 3.82. The van der Waals surface area contributed by atoms with Gasteiger partial charge in [-0.05, 0) is 44.2 Å². The van der Waals surface area contributed by atoms with Crippen LogP contribution in [-0.4, -0.2) is 17.1 Å². The predicted octanol–water partition coefficient (Wildman–Crippen LogP) is 3.80. The van der Waals surface area contributed by atoms with Crippen molar-refractivity contribution < 1.29 is 13.9 Å². The van der Waals surface area contributed by atoms with Crippen LogP contribution in [0.3, 0.4) is 0 Å². The number of para-hydroxylation sites is 1. The number of benzene rings is 2. The molecule has 0 radical (unpaired) electrons. The van der Waals surface area contributed by atoms with Gasteiger partial charge in [0.05, 0.1) is 6.54 Å². The molecule has 1 aromatic heterocycles. The Morgan fingerprint density at radius 2 is 2.00 bits per heavy atom. The third-order valence-electron chi connectivity index (χ3n) is 4.12. The molecule has 0 bridgehead atoms. The summed E-state index contributed by atoms with van der Waals surface area (Å²) in [5.41, 5.74) is 3.39. The van der Waals surface area contributed by atoms with Crippen molar-refractivity contribution in [3.8, 4) is 5.75 Å². The second-order valence-corrected chi connectivity index (χ2v) is 5.94. The largest absolute Gasteiger partial charge is 0.481 e. The number of halogens is 1. The molecule has 3 aromatic rings. The summed E-state index contributed by atoms with van der Waals surface area (Å²) in [7, 11) is 0. The molecule has 1 amide bonds. The lowest BCUT2D eigenvalue weighted by atomic mass is 10.2. The van der Waals surface area contributed by atoms with E-state index < -0.39 is 5.82 Å². The van der Waals surface area contributed by atoms with Crippen LogP contribution in [0.5, 0.6) is 5.75 Å². The summed E-state index contributed by atoms with van der Waals surface area (Å²) in [5.74, 6) is -0.681. The maximum Gasteiger partial charge on any atom is 0.258 e. The number of carbonyl (C=O) groups is 1. The molecule has 0 aliphatic carbocycles. The first-order valence-corrected chi connectivity index (χ1v) is 8.31. The Bertz CT molecular complexity index is 902. The van der Waals surface area contributed by atoms with Gasteiger partial charge in [-0.25, -0.2) is 4.39 Å². The van der Waals surface area contributed by atoms with Crippen LogP contribution in [0.1, 0.15) is 18.2 Å². The fraction of sp³-hybridized carbons (Fsp3) is 0.250. The molecule has 0 unspecified atom stereocenters. The van der Waals surface area contributed by atoms with Crippen LogP contribution in [0.15, 0.2) is 48.5 Å². The summed E-state index contributed by atoms with van der Waals surface area (Å²) >= 11 is 0. The maximum atomic E-state index is 13.5. The highest BCUT2D eigenvalue weighted by atomic mass is 19.1. The van der Waals surface area contributed by atoms with Crippen LogP contribution in [0.4, 0.5) is 4.39 Å². The number of aromatic nitrogens is 1. The molecular weight excluding hydrogens is 319 g/mol. The summed E-state index contributed by atoms with van der Waals surface area (Å²) in [6.07, 6.45) is 0. The number of hydrogen-bond acceptors (Lipinski definition) is 2. The molecule has 25 heavy (non-hydrogen) atoms. The molecule has 0 atom stereocenters. The number of carbonyl (C=O) groups excluding carboxylic acids is 1. The number of ether oxygens (including phenoxy) is 1. The van der Waals surface area contributed by atoms with E-state index in [1.54, 1.807) is 12.1 Å². The van der Waals surface area contributed by atoms with Crippen molar-refractivity contribution in [3.63, 3.8) is 0 Å². The number of rotatable bonds is 6. The fourth-order valence-electron chi connectivity index (χ4n) is 2.91. The van der Waals surface area contributed by atoms with Crippen molar-refractivity contribution in [1.82, 2.24) is 9.88 Å². The smallest absolute Gasteiger partial charge is 0.258 e. The molecule has 5 heteroatoms. The van der Waals surface area contributed by atoms with E-state index in [4.69, 9.17) is 4.74 Å². The molecule has 0 aliphatic rings. The quantitative estimate of drug-likeness (QED) is 0.742. The zero-order valence-electron chi connectivity index (χ0n) is 14.4. The topological polar surface area (TPSA) is 43.3 Å².